The number of esters is 1. The zero-order valence-electron chi connectivity index (χ0n) is 11.6. The fraction of sp³-hybridized carbons (Fsp3) is 0.0588. The van der Waals surface area contributed by atoms with Crippen LogP contribution in [-0.4, -0.2) is 11.9 Å². The predicted octanol–water partition coefficient (Wildman–Crippen LogP) is 3.62. The van der Waals surface area contributed by atoms with Crippen LogP contribution in [0.4, 0.5) is 8.78 Å². The van der Waals surface area contributed by atoms with Crippen LogP contribution in [-0.2, 0) is 9.53 Å². The molecular formula is C17H11F2NO2. The number of cyclic esters (lactones) is 1. The number of nitrogens with zero attached hydrogens (tertiary/aromatic N) is 1. The molecule has 2 aromatic carbocycles. The lowest BCUT2D eigenvalue weighted by Crippen LogP contribution is -2.05. The Morgan fingerprint density at radius 2 is 1.77 bits per heavy atom. The maximum Gasteiger partial charge on any atom is 0.363 e. The Kier molecular flexibility index (Phi) is 3.55. The molecule has 2 aromatic rings. The Morgan fingerprint density at radius 3 is 2.45 bits per heavy atom. The van der Waals surface area contributed by atoms with Gasteiger partial charge < -0.3 is 4.74 Å². The van der Waals surface area contributed by atoms with Crippen LogP contribution in [0.5, 0.6) is 0 Å². The number of ether oxygens (including phenoxy) is 1. The van der Waals surface area contributed by atoms with Crippen LogP contribution < -0.4 is 0 Å². The van der Waals surface area contributed by atoms with Crippen LogP contribution in [0.3, 0.4) is 0 Å². The molecule has 0 aromatic heterocycles. The summed E-state index contributed by atoms with van der Waals surface area (Å²) in [5.41, 5.74) is 2.13. The molecular weight excluding hydrogens is 288 g/mol. The predicted molar refractivity (Wildman–Crippen MR) is 78.1 cm³/mol. The van der Waals surface area contributed by atoms with Crippen molar-refractivity contribution in [1.82, 2.24) is 0 Å². The molecule has 5 heteroatoms. The number of carbonyl (C=O) groups is 1. The highest BCUT2D eigenvalue weighted by Gasteiger charge is 2.24. The fourth-order valence-electron chi connectivity index (χ4n) is 1.99. The number of aliphatic imine (C=N–C) groups is 1. The molecule has 0 spiro atoms. The molecule has 1 aliphatic rings. The zero-order chi connectivity index (χ0) is 15.7. The van der Waals surface area contributed by atoms with Crippen molar-refractivity contribution in [3.05, 3.63) is 76.5 Å². The molecule has 3 rings (SSSR count). The third-order valence-electron chi connectivity index (χ3n) is 3.17. The van der Waals surface area contributed by atoms with Gasteiger partial charge in [0.05, 0.1) is 0 Å². The SMILES string of the molecule is Cc1ccc(C2=N/C(=C/c3ccc(F)c(F)c3)C(=O)O2)cc1. The van der Waals surface area contributed by atoms with Gasteiger partial charge in [-0.05, 0) is 42.8 Å². The lowest BCUT2D eigenvalue weighted by molar-refractivity contribution is -0.129. The van der Waals surface area contributed by atoms with Crippen molar-refractivity contribution >= 4 is 17.9 Å². The highest BCUT2D eigenvalue weighted by atomic mass is 19.2. The maximum atomic E-state index is 13.2. The van der Waals surface area contributed by atoms with Crippen molar-refractivity contribution < 1.29 is 18.3 Å². The number of aryl methyl sites for hydroxylation is 1. The topological polar surface area (TPSA) is 38.7 Å². The second-order valence-corrected chi connectivity index (χ2v) is 4.88. The highest BCUT2D eigenvalue weighted by molar-refractivity contribution is 6.12. The van der Waals surface area contributed by atoms with Gasteiger partial charge in [-0.15, -0.1) is 0 Å². The lowest BCUT2D eigenvalue weighted by Gasteiger charge is -1.99. The molecule has 0 fully saturated rings. The Bertz CT molecular complexity index is 808. The second kappa shape index (κ2) is 5.52. The number of hydrogen-bond donors (Lipinski definition) is 0. The molecule has 0 radical (unpaired) electrons. The van der Waals surface area contributed by atoms with Crippen molar-refractivity contribution in [3.63, 3.8) is 0 Å². The van der Waals surface area contributed by atoms with E-state index in [0.717, 1.165) is 17.7 Å². The monoisotopic (exact) mass is 299 g/mol. The molecule has 0 N–H and O–H groups in total. The van der Waals surface area contributed by atoms with Gasteiger partial charge >= 0.3 is 5.97 Å². The van der Waals surface area contributed by atoms with Crippen molar-refractivity contribution in [3.8, 4) is 0 Å². The quantitative estimate of drug-likeness (QED) is 0.627. The summed E-state index contributed by atoms with van der Waals surface area (Å²) in [5, 5.41) is 0. The molecule has 0 amide bonds. The average molecular weight is 299 g/mol. The molecule has 1 aliphatic heterocycles. The zero-order valence-corrected chi connectivity index (χ0v) is 11.6. The number of carbonyl (C=O) groups excluding carboxylic acids is 1. The van der Waals surface area contributed by atoms with Crippen LogP contribution in [0.2, 0.25) is 0 Å². The van der Waals surface area contributed by atoms with Crippen LogP contribution in [0.1, 0.15) is 16.7 Å². The molecule has 0 saturated carbocycles. The minimum absolute atomic E-state index is 0.0431. The molecule has 22 heavy (non-hydrogen) atoms. The van der Waals surface area contributed by atoms with Crippen LogP contribution >= 0.6 is 0 Å². The minimum atomic E-state index is -0.983. The van der Waals surface area contributed by atoms with Gasteiger partial charge in [0.2, 0.25) is 5.90 Å². The van der Waals surface area contributed by atoms with E-state index in [1.54, 1.807) is 12.1 Å². The van der Waals surface area contributed by atoms with E-state index in [9.17, 15) is 13.6 Å². The van der Waals surface area contributed by atoms with Gasteiger partial charge in [-0.1, -0.05) is 23.8 Å². The molecule has 0 atom stereocenters. The fourth-order valence-corrected chi connectivity index (χ4v) is 1.99. The summed E-state index contributed by atoms with van der Waals surface area (Å²) in [6.45, 7) is 1.95. The largest absolute Gasteiger partial charge is 0.402 e. The second-order valence-electron chi connectivity index (χ2n) is 4.88. The van der Waals surface area contributed by atoms with Crippen molar-refractivity contribution in [1.29, 1.82) is 0 Å². The van der Waals surface area contributed by atoms with Crippen LogP contribution in [0.25, 0.3) is 6.08 Å². The lowest BCUT2D eigenvalue weighted by atomic mass is 10.1. The highest BCUT2D eigenvalue weighted by Crippen LogP contribution is 2.20. The molecule has 3 nitrogen and oxygen atoms in total. The minimum Gasteiger partial charge on any atom is -0.402 e. The van der Waals surface area contributed by atoms with E-state index in [2.05, 4.69) is 4.99 Å². The Hall–Kier alpha value is -2.82. The first-order valence-corrected chi connectivity index (χ1v) is 6.57. The molecule has 0 unspecified atom stereocenters. The van der Waals surface area contributed by atoms with Gasteiger partial charge in [0.1, 0.15) is 0 Å². The van der Waals surface area contributed by atoms with E-state index >= 15 is 0 Å². The number of hydrogen-bond acceptors (Lipinski definition) is 3. The van der Waals surface area contributed by atoms with E-state index < -0.39 is 17.6 Å². The molecule has 0 bridgehead atoms. The number of benzene rings is 2. The summed E-state index contributed by atoms with van der Waals surface area (Å²) in [4.78, 5) is 15.9. The summed E-state index contributed by atoms with van der Waals surface area (Å²) in [7, 11) is 0. The molecule has 0 saturated heterocycles. The van der Waals surface area contributed by atoms with E-state index in [1.807, 2.05) is 19.1 Å². The van der Waals surface area contributed by atoms with Gasteiger partial charge in [-0.3, -0.25) is 0 Å². The summed E-state index contributed by atoms with van der Waals surface area (Å²) in [6, 6.07) is 10.7. The van der Waals surface area contributed by atoms with Crippen LogP contribution in [0, 0.1) is 18.6 Å². The summed E-state index contributed by atoms with van der Waals surface area (Å²) in [6.07, 6.45) is 1.35. The Labute approximate surface area is 125 Å². The third kappa shape index (κ3) is 2.79. The maximum absolute atomic E-state index is 13.2. The Balaban J connectivity index is 1.93. The summed E-state index contributed by atoms with van der Waals surface area (Å²) < 4.78 is 31.2. The van der Waals surface area contributed by atoms with Gasteiger partial charge in [-0.2, -0.15) is 0 Å². The van der Waals surface area contributed by atoms with Gasteiger partial charge in [0.15, 0.2) is 17.3 Å². The standard InChI is InChI=1S/C17H11F2NO2/c1-10-2-5-12(6-3-10)16-20-15(17(21)22-16)9-11-4-7-13(18)14(19)8-11/h2-9H,1H3/b15-9+. The van der Waals surface area contributed by atoms with Crippen molar-refractivity contribution in [2.75, 3.05) is 0 Å². The number of rotatable bonds is 2. The first-order valence-electron chi connectivity index (χ1n) is 6.57. The molecule has 1 heterocycles. The van der Waals surface area contributed by atoms with Gasteiger partial charge in [0, 0.05) is 5.56 Å². The van der Waals surface area contributed by atoms with Gasteiger partial charge in [0.25, 0.3) is 0 Å². The van der Waals surface area contributed by atoms with Crippen molar-refractivity contribution in [2.24, 2.45) is 4.99 Å². The van der Waals surface area contributed by atoms with Crippen molar-refractivity contribution in [2.45, 2.75) is 6.92 Å². The normalized spacial score (nSPS) is 15.9. The van der Waals surface area contributed by atoms with Crippen LogP contribution in [0.15, 0.2) is 53.2 Å². The third-order valence-corrected chi connectivity index (χ3v) is 3.17. The Morgan fingerprint density at radius 1 is 1.05 bits per heavy atom. The smallest absolute Gasteiger partial charge is 0.363 e. The summed E-state index contributed by atoms with van der Waals surface area (Å²) in [5.74, 6) is -2.36. The van der Waals surface area contributed by atoms with E-state index in [0.29, 0.717) is 11.1 Å². The first-order chi connectivity index (χ1) is 10.5. The van der Waals surface area contributed by atoms with E-state index in [4.69, 9.17) is 4.74 Å². The first kappa shape index (κ1) is 14.1. The molecule has 0 aliphatic carbocycles. The number of halogens is 2. The molecule has 110 valence electrons. The van der Waals surface area contributed by atoms with E-state index in [1.165, 1.54) is 12.1 Å². The van der Waals surface area contributed by atoms with Gasteiger partial charge in [-0.25, -0.2) is 18.6 Å². The summed E-state index contributed by atoms with van der Waals surface area (Å²) >= 11 is 0. The average Bonchev–Trinajstić information content (AvgIpc) is 2.85. The van der Waals surface area contributed by atoms with E-state index in [-0.39, 0.29) is 11.6 Å².